The lowest BCUT2D eigenvalue weighted by atomic mass is 9.88. The molecular weight excluding hydrogens is 753 g/mol. The van der Waals surface area contributed by atoms with Crippen LogP contribution in [0.4, 0.5) is 0 Å². The molecule has 7 heteroatoms. The highest BCUT2D eigenvalue weighted by molar-refractivity contribution is 7.79. The zero-order valence-corrected chi connectivity index (χ0v) is 33.1. The second kappa shape index (κ2) is 14.6. The van der Waals surface area contributed by atoms with E-state index in [1.165, 1.54) is 21.8 Å². The Morgan fingerprint density at radius 3 is 1.77 bits per heavy atom. The highest BCUT2D eigenvalue weighted by atomic mass is 32.1. The van der Waals surface area contributed by atoms with Crippen LogP contribution in [-0.4, -0.2) is 30.9 Å². The number of rotatable bonds is 6. The SMILES string of the molecule is N=C1/C(=N\S)C=Cc2c(-c3ccc(-c4cccc(-c5cc(-c6ccc(-n7c8ccccc8c8ccccc87)cc6)nc(-c6ccccc6)n5)c4)cc3)nc3ccccc3c21. The van der Waals surface area contributed by atoms with E-state index in [4.69, 9.17) is 20.4 Å². The number of hydrogen-bond donors (Lipinski definition) is 2. The minimum Gasteiger partial charge on any atom is -0.309 e. The maximum absolute atomic E-state index is 8.95. The van der Waals surface area contributed by atoms with E-state index >= 15 is 0 Å². The number of aromatic nitrogens is 4. The van der Waals surface area contributed by atoms with Gasteiger partial charge in [0.05, 0.1) is 45.1 Å². The molecule has 0 amide bonds. The molecule has 7 aromatic carbocycles. The van der Waals surface area contributed by atoms with E-state index < -0.39 is 0 Å². The molecule has 3 heterocycles. The van der Waals surface area contributed by atoms with Crippen LogP contribution in [0.5, 0.6) is 0 Å². The van der Waals surface area contributed by atoms with Gasteiger partial charge >= 0.3 is 0 Å². The number of thiol groups is 1. The summed E-state index contributed by atoms with van der Waals surface area (Å²) in [5, 5.41) is 12.3. The Kier molecular flexibility index (Phi) is 8.60. The van der Waals surface area contributed by atoms with Gasteiger partial charge < -0.3 is 4.57 Å². The first-order valence-electron chi connectivity index (χ1n) is 19.8. The summed E-state index contributed by atoms with van der Waals surface area (Å²) in [4.78, 5) is 15.3. The molecule has 282 valence electrons. The summed E-state index contributed by atoms with van der Waals surface area (Å²) >= 11 is 4.13. The van der Waals surface area contributed by atoms with Gasteiger partial charge in [0.25, 0.3) is 0 Å². The van der Waals surface area contributed by atoms with Gasteiger partial charge in [0.2, 0.25) is 0 Å². The molecule has 0 atom stereocenters. The van der Waals surface area contributed by atoms with Crippen molar-refractivity contribution in [3.05, 3.63) is 199 Å². The third kappa shape index (κ3) is 6.03. The highest BCUT2D eigenvalue weighted by Crippen LogP contribution is 2.37. The van der Waals surface area contributed by atoms with Crippen molar-refractivity contribution in [2.24, 2.45) is 4.40 Å². The van der Waals surface area contributed by atoms with Crippen molar-refractivity contribution >= 4 is 63.0 Å². The van der Waals surface area contributed by atoms with Crippen LogP contribution in [0.25, 0.3) is 101 Å². The third-order valence-electron chi connectivity index (χ3n) is 11.4. The largest absolute Gasteiger partial charge is 0.309 e. The summed E-state index contributed by atoms with van der Waals surface area (Å²) < 4.78 is 6.38. The molecule has 10 aromatic rings. The van der Waals surface area contributed by atoms with E-state index in [-0.39, 0.29) is 0 Å². The Hall–Kier alpha value is -7.74. The van der Waals surface area contributed by atoms with Gasteiger partial charge in [0, 0.05) is 55.2 Å². The molecule has 0 spiro atoms. The summed E-state index contributed by atoms with van der Waals surface area (Å²) in [5.74, 6) is 0.672. The second-order valence-electron chi connectivity index (χ2n) is 14.9. The fraction of sp³-hybridized carbons (Fsp3) is 0. The topological polar surface area (TPSA) is 79.8 Å². The maximum atomic E-state index is 8.95. The summed E-state index contributed by atoms with van der Waals surface area (Å²) in [5.41, 5.74) is 15.5. The van der Waals surface area contributed by atoms with E-state index in [1.54, 1.807) is 0 Å². The van der Waals surface area contributed by atoms with Crippen LogP contribution in [-0.2, 0) is 0 Å². The van der Waals surface area contributed by atoms with Gasteiger partial charge in [-0.2, -0.15) is 0 Å². The molecule has 0 aliphatic heterocycles. The summed E-state index contributed by atoms with van der Waals surface area (Å²) in [7, 11) is 0. The molecule has 1 aliphatic rings. The first kappa shape index (κ1) is 35.4. The monoisotopic (exact) mass is 786 g/mol. The lowest BCUT2D eigenvalue weighted by molar-refractivity contribution is 1.17. The van der Waals surface area contributed by atoms with Gasteiger partial charge in [0.15, 0.2) is 5.82 Å². The van der Waals surface area contributed by atoms with Crippen LogP contribution in [0.15, 0.2) is 192 Å². The summed E-state index contributed by atoms with van der Waals surface area (Å²) in [6, 6.07) is 63.0. The Bertz CT molecular complexity index is 3330. The standard InChI is InChI=1S/C53H34N6S/c54-51-45(58-60)30-29-43-50(51)42-17-4-7-18-44(42)55-52(43)35-23-21-33(22-24-35)37-13-10-14-38(31-37)47-32-46(56-53(57-47)36-11-2-1-3-12-36)34-25-27-39(28-26-34)59-48-19-8-5-15-40(48)41-16-6-9-20-49(41)59/h1-32,54,60H/b54-51?,58-45-. The molecule has 3 aromatic heterocycles. The Labute approximate surface area is 352 Å². The van der Waals surface area contributed by atoms with Crippen LogP contribution in [0, 0.1) is 5.41 Å². The van der Waals surface area contributed by atoms with Crippen molar-refractivity contribution in [1.29, 1.82) is 5.41 Å². The van der Waals surface area contributed by atoms with Crippen LogP contribution in [0.2, 0.25) is 0 Å². The highest BCUT2D eigenvalue weighted by Gasteiger charge is 2.23. The number of benzene rings is 7. The molecule has 1 N–H and O–H groups in total. The average molecular weight is 787 g/mol. The first-order chi connectivity index (χ1) is 29.6. The van der Waals surface area contributed by atoms with Gasteiger partial charge in [-0.3, -0.25) is 5.41 Å². The van der Waals surface area contributed by atoms with Crippen molar-refractivity contribution in [1.82, 2.24) is 19.5 Å². The van der Waals surface area contributed by atoms with Crippen molar-refractivity contribution in [2.45, 2.75) is 0 Å². The van der Waals surface area contributed by atoms with E-state index in [2.05, 4.69) is 161 Å². The molecule has 1 aliphatic carbocycles. The van der Waals surface area contributed by atoms with Crippen LogP contribution >= 0.6 is 12.8 Å². The third-order valence-corrected chi connectivity index (χ3v) is 11.6. The van der Waals surface area contributed by atoms with E-state index in [0.29, 0.717) is 17.2 Å². The number of pyridine rings is 1. The number of nitrogens with one attached hydrogen (secondary N) is 1. The van der Waals surface area contributed by atoms with Crippen LogP contribution in [0.3, 0.4) is 0 Å². The molecule has 0 unspecified atom stereocenters. The van der Waals surface area contributed by atoms with Gasteiger partial charge in [-0.05, 0) is 78.6 Å². The van der Waals surface area contributed by atoms with Crippen molar-refractivity contribution < 1.29 is 0 Å². The van der Waals surface area contributed by atoms with Crippen molar-refractivity contribution in [2.75, 3.05) is 0 Å². The zero-order valence-electron chi connectivity index (χ0n) is 32.2. The molecule has 0 fully saturated rings. The first-order valence-corrected chi connectivity index (χ1v) is 20.2. The van der Waals surface area contributed by atoms with E-state index in [0.717, 1.165) is 78.2 Å². The normalized spacial score (nSPS) is 13.1. The molecule has 0 saturated heterocycles. The lowest BCUT2D eigenvalue weighted by Gasteiger charge is -2.19. The number of hydrogen-bond acceptors (Lipinski definition) is 6. The lowest BCUT2D eigenvalue weighted by Crippen LogP contribution is -2.18. The molecule has 11 rings (SSSR count). The molecule has 0 saturated carbocycles. The number of nitrogens with zero attached hydrogens (tertiary/aromatic N) is 5. The average Bonchev–Trinajstić information content (AvgIpc) is 3.66. The fourth-order valence-corrected chi connectivity index (χ4v) is 8.62. The van der Waals surface area contributed by atoms with Gasteiger partial charge in [-0.1, -0.05) is 140 Å². The Morgan fingerprint density at radius 2 is 1.05 bits per heavy atom. The maximum Gasteiger partial charge on any atom is 0.160 e. The van der Waals surface area contributed by atoms with E-state index in [1.807, 2.05) is 54.6 Å². The molecular formula is C53H34N6S. The summed E-state index contributed by atoms with van der Waals surface area (Å²) in [6.07, 6.45) is 3.83. The second-order valence-corrected chi connectivity index (χ2v) is 15.1. The minimum absolute atomic E-state index is 0.343. The predicted octanol–water partition coefficient (Wildman–Crippen LogP) is 13.1. The molecule has 0 radical (unpaired) electrons. The number of para-hydroxylation sites is 3. The zero-order chi connectivity index (χ0) is 40.2. The molecule has 60 heavy (non-hydrogen) atoms. The Balaban J connectivity index is 0.963. The number of allylic oxidation sites excluding steroid dienone is 1. The van der Waals surface area contributed by atoms with Gasteiger partial charge in [0.1, 0.15) is 0 Å². The predicted molar refractivity (Wildman–Crippen MR) is 251 cm³/mol. The van der Waals surface area contributed by atoms with Gasteiger partial charge in [-0.25, -0.2) is 19.3 Å². The minimum atomic E-state index is 0.343. The Morgan fingerprint density at radius 1 is 0.467 bits per heavy atom. The summed E-state index contributed by atoms with van der Waals surface area (Å²) in [6.45, 7) is 0. The number of fused-ring (bicyclic) bond motifs is 6. The van der Waals surface area contributed by atoms with Crippen molar-refractivity contribution in [3.63, 3.8) is 0 Å². The van der Waals surface area contributed by atoms with Crippen LogP contribution < -0.4 is 0 Å². The van der Waals surface area contributed by atoms with Gasteiger partial charge in [-0.15, -0.1) is 0 Å². The van der Waals surface area contributed by atoms with E-state index in [9.17, 15) is 0 Å². The van der Waals surface area contributed by atoms with Crippen LogP contribution in [0.1, 0.15) is 11.1 Å². The smallest absolute Gasteiger partial charge is 0.160 e. The molecule has 6 nitrogen and oxygen atoms in total. The quantitative estimate of drug-likeness (QED) is 0.165. The van der Waals surface area contributed by atoms with Crippen molar-refractivity contribution in [3.8, 4) is 62.0 Å². The fourth-order valence-electron chi connectivity index (χ4n) is 8.46. The molecule has 0 bridgehead atoms.